The van der Waals surface area contributed by atoms with Gasteiger partial charge in [0.15, 0.2) is 11.5 Å². The van der Waals surface area contributed by atoms with Crippen molar-refractivity contribution in [2.45, 2.75) is 84.8 Å². The molecule has 4 aromatic rings. The molecule has 0 unspecified atom stereocenters. The predicted octanol–water partition coefficient (Wildman–Crippen LogP) is 8.52. The maximum absolute atomic E-state index is 13.5. The normalized spacial score (nSPS) is 12.8. The van der Waals surface area contributed by atoms with Crippen molar-refractivity contribution in [3.63, 3.8) is 0 Å². The molecule has 0 bridgehead atoms. The first kappa shape index (κ1) is 31.2. The number of hydrogen-bond donors (Lipinski definition) is 1. The zero-order valence-electron chi connectivity index (χ0n) is 26.8. The van der Waals surface area contributed by atoms with E-state index in [0.717, 1.165) is 65.6 Å². The van der Waals surface area contributed by atoms with Crippen LogP contribution in [0.4, 0.5) is 0 Å². The van der Waals surface area contributed by atoms with Crippen molar-refractivity contribution in [1.82, 2.24) is 10.3 Å². The molecule has 3 aromatic carbocycles. The molecule has 7 nitrogen and oxygen atoms in total. The number of benzene rings is 3. The van der Waals surface area contributed by atoms with Crippen molar-refractivity contribution in [3.05, 3.63) is 77.9 Å². The van der Waals surface area contributed by atoms with E-state index in [1.807, 2.05) is 60.7 Å². The molecule has 0 saturated heterocycles. The molecule has 1 N–H and O–H groups in total. The van der Waals surface area contributed by atoms with Gasteiger partial charge in [0.25, 0.3) is 5.91 Å². The lowest BCUT2D eigenvalue weighted by Gasteiger charge is -2.29. The van der Waals surface area contributed by atoms with Gasteiger partial charge in [-0.1, -0.05) is 38.1 Å². The summed E-state index contributed by atoms with van der Waals surface area (Å²) >= 11 is 0. The molecule has 232 valence electrons. The lowest BCUT2D eigenvalue weighted by Crippen LogP contribution is -2.28. The Morgan fingerprint density at radius 2 is 1.61 bits per heavy atom. The average molecular weight is 597 g/mol. The van der Waals surface area contributed by atoms with Gasteiger partial charge in [-0.3, -0.25) is 4.79 Å². The van der Waals surface area contributed by atoms with E-state index >= 15 is 0 Å². The third kappa shape index (κ3) is 7.44. The SMILES string of the molecule is CCC(C)(C)Oc1ccc(CCCCNC(=O)c2cc(-c3ccc4c(c3)OCO4)nc3ccccc23)c(OC(C)(C)CC)c1. The minimum Gasteiger partial charge on any atom is -0.488 e. The first-order chi connectivity index (χ1) is 21.1. The number of nitrogens with zero attached hydrogens (tertiary/aromatic N) is 1. The van der Waals surface area contributed by atoms with Gasteiger partial charge in [0.1, 0.15) is 22.7 Å². The molecular weight excluding hydrogens is 552 g/mol. The second-order valence-corrected chi connectivity index (χ2v) is 12.6. The molecule has 1 aliphatic heterocycles. The van der Waals surface area contributed by atoms with Crippen molar-refractivity contribution in [1.29, 1.82) is 0 Å². The fourth-order valence-corrected chi connectivity index (χ4v) is 4.97. The highest BCUT2D eigenvalue weighted by molar-refractivity contribution is 6.07. The van der Waals surface area contributed by atoms with Crippen LogP contribution in [0.3, 0.4) is 0 Å². The second kappa shape index (κ2) is 13.2. The van der Waals surface area contributed by atoms with Gasteiger partial charge in [0.2, 0.25) is 6.79 Å². The number of unbranched alkanes of at least 4 members (excludes halogenated alkanes) is 1. The Kier molecular flexibility index (Phi) is 9.33. The van der Waals surface area contributed by atoms with Gasteiger partial charge in [-0.2, -0.15) is 0 Å². The zero-order valence-corrected chi connectivity index (χ0v) is 26.8. The van der Waals surface area contributed by atoms with Crippen molar-refractivity contribution in [2.24, 2.45) is 0 Å². The van der Waals surface area contributed by atoms with Crippen LogP contribution in [0, 0.1) is 0 Å². The van der Waals surface area contributed by atoms with Crippen LogP contribution in [0.25, 0.3) is 22.2 Å². The number of carbonyl (C=O) groups is 1. The van der Waals surface area contributed by atoms with E-state index in [1.54, 1.807) is 0 Å². The number of pyridine rings is 1. The van der Waals surface area contributed by atoms with Crippen molar-refractivity contribution < 1.29 is 23.7 Å². The number of amides is 1. The summed E-state index contributed by atoms with van der Waals surface area (Å²) in [5, 5.41) is 3.96. The molecule has 0 fully saturated rings. The third-order valence-electron chi connectivity index (χ3n) is 8.31. The van der Waals surface area contributed by atoms with E-state index in [2.05, 4.69) is 52.9 Å². The lowest BCUT2D eigenvalue weighted by molar-refractivity contribution is 0.0942. The Morgan fingerprint density at radius 1 is 0.864 bits per heavy atom. The molecule has 0 aliphatic carbocycles. The summed E-state index contributed by atoms with van der Waals surface area (Å²) in [6.45, 7) is 13.4. The molecule has 5 rings (SSSR count). The van der Waals surface area contributed by atoms with Gasteiger partial charge in [0, 0.05) is 23.6 Å². The average Bonchev–Trinajstić information content (AvgIpc) is 3.49. The summed E-state index contributed by atoms with van der Waals surface area (Å²) < 4.78 is 23.7. The molecule has 2 heterocycles. The molecule has 0 atom stereocenters. The maximum Gasteiger partial charge on any atom is 0.252 e. The smallest absolute Gasteiger partial charge is 0.252 e. The van der Waals surface area contributed by atoms with Crippen LogP contribution in [0.15, 0.2) is 66.7 Å². The number of rotatable bonds is 13. The highest BCUT2D eigenvalue weighted by Crippen LogP contribution is 2.36. The molecule has 1 amide bonds. The van der Waals surface area contributed by atoms with Crippen LogP contribution >= 0.6 is 0 Å². The number of ether oxygens (including phenoxy) is 4. The van der Waals surface area contributed by atoms with Crippen LogP contribution in [-0.2, 0) is 6.42 Å². The van der Waals surface area contributed by atoms with Crippen LogP contribution in [0.2, 0.25) is 0 Å². The summed E-state index contributed by atoms with van der Waals surface area (Å²) in [5.41, 5.74) is 3.57. The van der Waals surface area contributed by atoms with Gasteiger partial charge >= 0.3 is 0 Å². The van der Waals surface area contributed by atoms with E-state index in [-0.39, 0.29) is 23.9 Å². The third-order valence-corrected chi connectivity index (χ3v) is 8.31. The standard InChI is InChI=1S/C37H44N2O5/c1-7-36(3,4)43-27-18-16-25(33(22-27)44-37(5,6)8-2)13-11-12-20-38-35(40)29-23-31(39-30-15-10-9-14-28(29)30)26-17-19-32-34(21-26)42-24-41-32/h9-10,14-19,21-23H,7-8,11-13,20,24H2,1-6H3,(H,38,40). The van der Waals surface area contributed by atoms with Gasteiger partial charge < -0.3 is 24.3 Å². The van der Waals surface area contributed by atoms with Gasteiger partial charge in [-0.15, -0.1) is 0 Å². The van der Waals surface area contributed by atoms with Crippen molar-refractivity contribution in [2.75, 3.05) is 13.3 Å². The number of para-hydroxylation sites is 1. The number of aryl methyl sites for hydroxylation is 1. The molecule has 0 radical (unpaired) electrons. The van der Waals surface area contributed by atoms with Crippen molar-refractivity contribution in [3.8, 4) is 34.3 Å². The molecule has 1 aromatic heterocycles. The van der Waals surface area contributed by atoms with Crippen molar-refractivity contribution >= 4 is 16.8 Å². The number of carbonyl (C=O) groups excluding carboxylic acids is 1. The van der Waals surface area contributed by atoms with E-state index < -0.39 is 0 Å². The minimum atomic E-state index is -0.283. The summed E-state index contributed by atoms with van der Waals surface area (Å²) in [7, 11) is 0. The summed E-state index contributed by atoms with van der Waals surface area (Å²) in [5.74, 6) is 2.97. The van der Waals surface area contributed by atoms with E-state index in [4.69, 9.17) is 23.9 Å². The Balaban J connectivity index is 1.25. The molecule has 0 saturated carbocycles. The first-order valence-corrected chi connectivity index (χ1v) is 15.7. The fourth-order valence-electron chi connectivity index (χ4n) is 4.97. The Hall–Kier alpha value is -4.26. The summed E-state index contributed by atoms with van der Waals surface area (Å²) in [6, 6.07) is 21.5. The Bertz CT molecular complexity index is 1630. The minimum absolute atomic E-state index is 0.112. The summed E-state index contributed by atoms with van der Waals surface area (Å²) in [6.07, 6.45) is 4.38. The molecule has 44 heavy (non-hydrogen) atoms. The van der Waals surface area contributed by atoms with Crippen LogP contribution in [-0.4, -0.2) is 35.4 Å². The highest BCUT2D eigenvalue weighted by atomic mass is 16.7. The maximum atomic E-state index is 13.5. The molecular formula is C37H44N2O5. The van der Waals surface area contributed by atoms with Crippen LogP contribution in [0.5, 0.6) is 23.0 Å². The molecule has 0 spiro atoms. The van der Waals surface area contributed by atoms with Gasteiger partial charge in [-0.05, 0) is 102 Å². The molecule has 7 heteroatoms. The van der Waals surface area contributed by atoms with E-state index in [1.165, 1.54) is 0 Å². The van der Waals surface area contributed by atoms with E-state index in [0.29, 0.717) is 29.3 Å². The number of nitrogens with one attached hydrogen (secondary N) is 1. The first-order valence-electron chi connectivity index (χ1n) is 15.7. The topological polar surface area (TPSA) is 78.9 Å². The lowest BCUT2D eigenvalue weighted by atomic mass is 10.0. The predicted molar refractivity (Wildman–Crippen MR) is 175 cm³/mol. The number of fused-ring (bicyclic) bond motifs is 2. The fraction of sp³-hybridized carbons (Fsp3) is 0.405. The van der Waals surface area contributed by atoms with Gasteiger partial charge in [-0.25, -0.2) is 4.98 Å². The number of aromatic nitrogens is 1. The Labute approximate surface area is 260 Å². The van der Waals surface area contributed by atoms with Crippen LogP contribution in [0.1, 0.15) is 83.1 Å². The highest BCUT2D eigenvalue weighted by Gasteiger charge is 2.22. The largest absolute Gasteiger partial charge is 0.488 e. The zero-order chi connectivity index (χ0) is 31.3. The Morgan fingerprint density at radius 3 is 2.41 bits per heavy atom. The van der Waals surface area contributed by atoms with Crippen LogP contribution < -0.4 is 24.3 Å². The number of hydrogen-bond acceptors (Lipinski definition) is 6. The monoisotopic (exact) mass is 596 g/mol. The van der Waals surface area contributed by atoms with Gasteiger partial charge in [0.05, 0.1) is 16.8 Å². The molecule has 1 aliphatic rings. The second-order valence-electron chi connectivity index (χ2n) is 12.6. The summed E-state index contributed by atoms with van der Waals surface area (Å²) in [4.78, 5) is 18.3. The van der Waals surface area contributed by atoms with E-state index in [9.17, 15) is 4.79 Å². The quantitative estimate of drug-likeness (QED) is 0.156.